The third-order valence-electron chi connectivity index (χ3n) is 9.73. The van der Waals surface area contributed by atoms with E-state index in [1.807, 2.05) is 6.08 Å². The highest BCUT2D eigenvalue weighted by molar-refractivity contribution is 5.92. The molecule has 0 heterocycles. The smallest absolute Gasteiger partial charge is 0.220 e. The van der Waals surface area contributed by atoms with Crippen molar-refractivity contribution >= 4 is 11.6 Å². The molecule has 174 valence electrons. The molecule has 3 fully saturated rings. The summed E-state index contributed by atoms with van der Waals surface area (Å²) < 4.78 is 11.6. The molecular weight excluding hydrogens is 396 g/mol. The van der Waals surface area contributed by atoms with Gasteiger partial charge in [0.05, 0.1) is 0 Å². The van der Waals surface area contributed by atoms with Gasteiger partial charge in [-0.15, -0.1) is 0 Å². The first-order chi connectivity index (χ1) is 14.5. The van der Waals surface area contributed by atoms with Crippen LogP contribution in [0.4, 0.5) is 0 Å². The van der Waals surface area contributed by atoms with Crippen molar-refractivity contribution < 1.29 is 29.3 Å². The molecule has 0 saturated heterocycles. The zero-order valence-corrected chi connectivity index (χ0v) is 19.5. The second-order valence-electron chi connectivity index (χ2n) is 11.0. The molecule has 4 rings (SSSR count). The summed E-state index contributed by atoms with van der Waals surface area (Å²) in [5, 5.41) is 19.8. The molecule has 0 aliphatic heterocycles. The lowest BCUT2D eigenvalue weighted by Gasteiger charge is -2.60. The van der Waals surface area contributed by atoms with Crippen molar-refractivity contribution in [3.8, 4) is 0 Å². The van der Waals surface area contributed by atoms with Crippen LogP contribution < -0.4 is 0 Å². The number of methoxy groups -OCH3 is 1. The van der Waals surface area contributed by atoms with Crippen molar-refractivity contribution in [1.29, 1.82) is 0 Å². The Morgan fingerprint density at radius 1 is 1.16 bits per heavy atom. The first kappa shape index (κ1) is 23.1. The minimum atomic E-state index is -2.06. The van der Waals surface area contributed by atoms with E-state index in [9.17, 15) is 19.8 Å². The fraction of sp³-hybridized carbons (Fsp3) is 0.840. The van der Waals surface area contributed by atoms with E-state index in [0.717, 1.165) is 32.1 Å². The van der Waals surface area contributed by atoms with E-state index in [0.29, 0.717) is 30.6 Å². The molecule has 6 nitrogen and oxygen atoms in total. The molecule has 6 heteroatoms. The van der Waals surface area contributed by atoms with E-state index in [-0.39, 0.29) is 17.1 Å². The Balaban J connectivity index is 1.73. The van der Waals surface area contributed by atoms with Gasteiger partial charge in [-0.1, -0.05) is 26.3 Å². The Hall–Kier alpha value is -1.08. The summed E-state index contributed by atoms with van der Waals surface area (Å²) >= 11 is 0. The lowest BCUT2D eigenvalue weighted by Crippen LogP contribution is -2.61. The van der Waals surface area contributed by atoms with Crippen molar-refractivity contribution in [2.24, 2.45) is 34.5 Å². The Kier molecular flexibility index (Phi) is 5.78. The van der Waals surface area contributed by atoms with Crippen molar-refractivity contribution in [2.75, 3.05) is 7.11 Å². The average molecular weight is 435 g/mol. The maximum atomic E-state index is 13.2. The summed E-state index contributed by atoms with van der Waals surface area (Å²) in [6, 6.07) is 0. The molecule has 4 aliphatic carbocycles. The molecule has 0 aromatic carbocycles. The normalized spacial score (nSPS) is 45.5. The number of hydrogen-bond acceptors (Lipinski definition) is 6. The van der Waals surface area contributed by atoms with Crippen LogP contribution in [0, 0.1) is 34.5 Å². The van der Waals surface area contributed by atoms with Gasteiger partial charge in [-0.25, -0.2) is 0 Å². The number of allylic oxidation sites excluding steroid dienone is 1. The van der Waals surface area contributed by atoms with Crippen molar-refractivity contribution in [3.63, 3.8) is 0 Å². The lowest BCUT2D eigenvalue weighted by molar-refractivity contribution is -0.243. The molecule has 3 saturated carbocycles. The third-order valence-corrected chi connectivity index (χ3v) is 9.73. The molecule has 2 unspecified atom stereocenters. The standard InChI is InChI=1S/C25H38O6/c1-14-12-17-18(23(3)9-6-16(26)13-20(14)23)7-10-24(4)19(17)8-11-25(24,21(27)22(28)29)31-15(2)30-5/h13-15,17-19,22,28-29H,6-12H2,1-5H3/t14?,15?,17-,18+,19+,23-,24+,25+/m1/s1. The second kappa shape index (κ2) is 7.75. The number of Topliss-reactive ketones (excluding diaryl/α,β-unsaturated/α-hetero) is 1. The van der Waals surface area contributed by atoms with Gasteiger partial charge in [0.1, 0.15) is 5.60 Å². The first-order valence-electron chi connectivity index (χ1n) is 11.9. The van der Waals surface area contributed by atoms with E-state index in [1.165, 1.54) is 12.7 Å². The van der Waals surface area contributed by atoms with E-state index >= 15 is 0 Å². The topological polar surface area (TPSA) is 93.1 Å². The monoisotopic (exact) mass is 434 g/mol. The Bertz CT molecular complexity index is 789. The molecule has 0 amide bonds. The van der Waals surface area contributed by atoms with E-state index in [2.05, 4.69) is 20.8 Å². The zero-order chi connectivity index (χ0) is 22.8. The van der Waals surface area contributed by atoms with Gasteiger partial charge < -0.3 is 19.7 Å². The molecule has 4 aliphatic rings. The lowest BCUT2D eigenvalue weighted by atomic mass is 9.44. The number of hydrogen-bond donors (Lipinski definition) is 2. The summed E-state index contributed by atoms with van der Waals surface area (Å²) in [6.45, 7) is 8.45. The van der Waals surface area contributed by atoms with Crippen LogP contribution in [0.25, 0.3) is 0 Å². The highest BCUT2D eigenvalue weighted by Crippen LogP contribution is 2.69. The Morgan fingerprint density at radius 2 is 1.84 bits per heavy atom. The SMILES string of the molecule is COC(C)O[C@]1(C(=O)C(O)O)CC[C@H]2[C@@H]3CC(C)C4=CC(=O)CC[C@]4(C)[C@H]3CC[C@@]21C. The molecule has 2 N–H and O–H groups in total. The summed E-state index contributed by atoms with van der Waals surface area (Å²) in [4.78, 5) is 25.4. The van der Waals surface area contributed by atoms with E-state index in [1.54, 1.807) is 6.92 Å². The van der Waals surface area contributed by atoms with Gasteiger partial charge >= 0.3 is 0 Å². The summed E-state index contributed by atoms with van der Waals surface area (Å²) in [5.41, 5.74) is -0.383. The van der Waals surface area contributed by atoms with Crippen LogP contribution in [-0.4, -0.2) is 47.1 Å². The number of ketones is 2. The second-order valence-corrected chi connectivity index (χ2v) is 11.0. The number of aliphatic hydroxyl groups excluding tert-OH is 1. The van der Waals surface area contributed by atoms with Crippen LogP contribution in [-0.2, 0) is 19.1 Å². The van der Waals surface area contributed by atoms with Gasteiger partial charge in [-0.2, -0.15) is 0 Å². The predicted molar refractivity (Wildman–Crippen MR) is 115 cm³/mol. The number of rotatable bonds is 5. The van der Waals surface area contributed by atoms with Crippen LogP contribution in [0.3, 0.4) is 0 Å². The van der Waals surface area contributed by atoms with Crippen molar-refractivity contribution in [2.45, 2.75) is 90.8 Å². The third kappa shape index (κ3) is 3.20. The van der Waals surface area contributed by atoms with Gasteiger partial charge in [0.2, 0.25) is 12.1 Å². The molecule has 8 atom stereocenters. The Labute approximate surface area is 185 Å². The molecule has 0 spiro atoms. The van der Waals surface area contributed by atoms with Crippen LogP contribution >= 0.6 is 0 Å². The van der Waals surface area contributed by atoms with E-state index in [4.69, 9.17) is 9.47 Å². The van der Waals surface area contributed by atoms with Crippen LogP contribution in [0.2, 0.25) is 0 Å². The first-order valence-corrected chi connectivity index (χ1v) is 11.9. The molecule has 0 bridgehead atoms. The highest BCUT2D eigenvalue weighted by Gasteiger charge is 2.69. The number of carbonyl (C=O) groups excluding carboxylic acids is 2. The number of carbonyl (C=O) groups is 2. The molecule has 0 aromatic rings. The maximum Gasteiger partial charge on any atom is 0.220 e. The summed E-state index contributed by atoms with van der Waals surface area (Å²) in [6.07, 6.45) is 4.83. The minimum absolute atomic E-state index is 0.0317. The summed E-state index contributed by atoms with van der Waals surface area (Å²) in [7, 11) is 1.53. The van der Waals surface area contributed by atoms with Gasteiger partial charge in [0.25, 0.3) is 0 Å². The van der Waals surface area contributed by atoms with Gasteiger partial charge in [0.15, 0.2) is 12.1 Å². The highest BCUT2D eigenvalue weighted by atomic mass is 16.7. The van der Waals surface area contributed by atoms with Crippen LogP contribution in [0.5, 0.6) is 0 Å². The number of fused-ring (bicyclic) bond motifs is 5. The van der Waals surface area contributed by atoms with Crippen LogP contribution in [0.15, 0.2) is 11.6 Å². The number of aliphatic hydroxyl groups is 2. The van der Waals surface area contributed by atoms with Crippen molar-refractivity contribution in [3.05, 3.63) is 11.6 Å². The molecule has 0 radical (unpaired) electrons. The fourth-order valence-electron chi connectivity index (χ4n) is 8.18. The van der Waals surface area contributed by atoms with Gasteiger partial charge in [-0.3, -0.25) is 9.59 Å². The minimum Gasteiger partial charge on any atom is -0.362 e. The van der Waals surface area contributed by atoms with Gasteiger partial charge in [-0.05, 0) is 80.6 Å². The molecular formula is C25H38O6. The largest absolute Gasteiger partial charge is 0.362 e. The molecule has 0 aromatic heterocycles. The average Bonchev–Trinajstić information content (AvgIpc) is 3.02. The summed E-state index contributed by atoms with van der Waals surface area (Å²) in [5.74, 6) is 1.12. The predicted octanol–water partition coefficient (Wildman–Crippen LogP) is 3.39. The number of ether oxygens (including phenoxy) is 2. The maximum absolute atomic E-state index is 13.2. The van der Waals surface area contributed by atoms with Crippen LogP contribution in [0.1, 0.15) is 72.6 Å². The molecule has 31 heavy (non-hydrogen) atoms. The zero-order valence-electron chi connectivity index (χ0n) is 19.5. The quantitative estimate of drug-likeness (QED) is 0.645. The van der Waals surface area contributed by atoms with Gasteiger partial charge in [0, 0.05) is 18.9 Å². The fourth-order valence-corrected chi connectivity index (χ4v) is 8.18. The Morgan fingerprint density at radius 3 is 2.48 bits per heavy atom. The van der Waals surface area contributed by atoms with E-state index < -0.39 is 29.4 Å². The van der Waals surface area contributed by atoms with Crippen molar-refractivity contribution in [1.82, 2.24) is 0 Å².